The number of quaternary nitrogens is 1. The van der Waals surface area contributed by atoms with E-state index < -0.39 is 0 Å². The SMILES string of the molecule is CCOC(=O)N1CC[NH+](Cn2c(=S)sc3ccccc32)CC1. The molecule has 7 heteroatoms. The zero-order valence-corrected chi connectivity index (χ0v) is 14.2. The van der Waals surface area contributed by atoms with Gasteiger partial charge in [-0.25, -0.2) is 4.79 Å². The molecule has 0 bridgehead atoms. The molecule has 2 aromatic rings. The highest BCUT2D eigenvalue weighted by Gasteiger charge is 2.25. The highest BCUT2D eigenvalue weighted by atomic mass is 32.1. The van der Waals surface area contributed by atoms with Crippen LogP contribution in [0.15, 0.2) is 24.3 Å². The van der Waals surface area contributed by atoms with Gasteiger partial charge in [-0.15, -0.1) is 11.3 Å². The van der Waals surface area contributed by atoms with Crippen molar-refractivity contribution in [1.29, 1.82) is 0 Å². The number of nitrogens with zero attached hydrogens (tertiary/aromatic N) is 2. The normalized spacial score (nSPS) is 16.1. The van der Waals surface area contributed by atoms with Gasteiger partial charge in [-0.3, -0.25) is 9.47 Å². The van der Waals surface area contributed by atoms with Gasteiger partial charge in [0.15, 0.2) is 10.6 Å². The maximum Gasteiger partial charge on any atom is 0.410 e. The van der Waals surface area contributed by atoms with Crippen LogP contribution in [0.2, 0.25) is 0 Å². The lowest BCUT2D eigenvalue weighted by atomic mass is 10.3. The van der Waals surface area contributed by atoms with Crippen LogP contribution in [0.5, 0.6) is 0 Å². The van der Waals surface area contributed by atoms with Crippen LogP contribution in [0, 0.1) is 3.95 Å². The fourth-order valence-corrected chi connectivity index (χ4v) is 4.09. The number of hydrogen-bond donors (Lipinski definition) is 1. The van der Waals surface area contributed by atoms with Crippen molar-refractivity contribution in [3.05, 3.63) is 28.2 Å². The number of rotatable bonds is 3. The molecule has 5 nitrogen and oxygen atoms in total. The molecule has 22 heavy (non-hydrogen) atoms. The van der Waals surface area contributed by atoms with E-state index in [-0.39, 0.29) is 6.09 Å². The molecule has 0 saturated carbocycles. The summed E-state index contributed by atoms with van der Waals surface area (Å²) in [6, 6.07) is 8.33. The molecule has 1 N–H and O–H groups in total. The minimum Gasteiger partial charge on any atom is -0.450 e. The second kappa shape index (κ2) is 6.76. The van der Waals surface area contributed by atoms with Gasteiger partial charge >= 0.3 is 6.09 Å². The molecule has 2 heterocycles. The Balaban J connectivity index is 1.66. The highest BCUT2D eigenvalue weighted by Crippen LogP contribution is 2.21. The van der Waals surface area contributed by atoms with Crippen LogP contribution in [0.3, 0.4) is 0 Å². The largest absolute Gasteiger partial charge is 0.450 e. The Labute approximate surface area is 138 Å². The first-order chi connectivity index (χ1) is 10.7. The van der Waals surface area contributed by atoms with E-state index in [1.807, 2.05) is 19.1 Å². The first-order valence-electron chi connectivity index (χ1n) is 7.52. The third-order valence-electron chi connectivity index (χ3n) is 3.95. The molecule has 0 radical (unpaired) electrons. The average Bonchev–Trinajstić information content (AvgIpc) is 2.84. The van der Waals surface area contributed by atoms with Crippen molar-refractivity contribution in [1.82, 2.24) is 9.47 Å². The number of carbonyl (C=O) groups excluding carboxylic acids is 1. The van der Waals surface area contributed by atoms with Crippen molar-refractivity contribution in [2.45, 2.75) is 13.6 Å². The average molecular weight is 338 g/mol. The van der Waals surface area contributed by atoms with Gasteiger partial charge in [0.05, 0.1) is 43.0 Å². The van der Waals surface area contributed by atoms with E-state index in [4.69, 9.17) is 17.0 Å². The summed E-state index contributed by atoms with van der Waals surface area (Å²) in [4.78, 5) is 15.0. The lowest BCUT2D eigenvalue weighted by Gasteiger charge is -2.31. The molecule has 0 atom stereocenters. The van der Waals surface area contributed by atoms with Crippen LogP contribution in [-0.4, -0.2) is 48.3 Å². The van der Waals surface area contributed by atoms with E-state index in [1.54, 1.807) is 16.2 Å². The Kier molecular flexibility index (Phi) is 4.75. The zero-order valence-electron chi connectivity index (χ0n) is 12.6. The lowest BCUT2D eigenvalue weighted by Crippen LogP contribution is -3.14. The van der Waals surface area contributed by atoms with Crippen molar-refractivity contribution in [3.63, 3.8) is 0 Å². The van der Waals surface area contributed by atoms with E-state index in [0.29, 0.717) is 6.61 Å². The molecule has 0 spiro atoms. The van der Waals surface area contributed by atoms with Gasteiger partial charge in [-0.1, -0.05) is 12.1 Å². The zero-order chi connectivity index (χ0) is 15.5. The summed E-state index contributed by atoms with van der Waals surface area (Å²) in [5.41, 5.74) is 1.21. The van der Waals surface area contributed by atoms with Gasteiger partial charge in [0.25, 0.3) is 0 Å². The van der Waals surface area contributed by atoms with Gasteiger partial charge in [0, 0.05) is 0 Å². The summed E-state index contributed by atoms with van der Waals surface area (Å²) in [7, 11) is 0. The fraction of sp³-hybridized carbons (Fsp3) is 0.467. The predicted molar refractivity (Wildman–Crippen MR) is 89.9 cm³/mol. The standard InChI is InChI=1S/C15H19N3O2S2/c1-2-20-14(19)17-9-7-16(8-10-17)11-18-12-5-3-4-6-13(12)22-15(18)21/h3-6H,2,7-11H2,1H3/p+1. The van der Waals surface area contributed by atoms with Crippen molar-refractivity contribution < 1.29 is 14.4 Å². The molecule has 1 amide bonds. The maximum atomic E-state index is 11.7. The van der Waals surface area contributed by atoms with Crippen LogP contribution in [0.4, 0.5) is 4.79 Å². The molecule has 1 aliphatic rings. The molecule has 1 saturated heterocycles. The Morgan fingerprint density at radius 2 is 2.09 bits per heavy atom. The van der Waals surface area contributed by atoms with E-state index in [9.17, 15) is 4.79 Å². The van der Waals surface area contributed by atoms with Crippen LogP contribution >= 0.6 is 23.6 Å². The molecule has 1 aromatic heterocycles. The van der Waals surface area contributed by atoms with Gasteiger partial charge < -0.3 is 9.64 Å². The van der Waals surface area contributed by atoms with E-state index >= 15 is 0 Å². The molecule has 3 rings (SSSR count). The number of para-hydroxylation sites is 1. The molecule has 0 unspecified atom stereocenters. The molecule has 1 fully saturated rings. The van der Waals surface area contributed by atoms with E-state index in [2.05, 4.69) is 16.7 Å². The third-order valence-corrected chi connectivity index (χ3v) is 5.38. The van der Waals surface area contributed by atoms with E-state index in [1.165, 1.54) is 15.1 Å². The Morgan fingerprint density at radius 3 is 2.82 bits per heavy atom. The number of carbonyl (C=O) groups is 1. The Bertz CT molecular complexity index is 717. The first-order valence-corrected chi connectivity index (χ1v) is 8.75. The van der Waals surface area contributed by atoms with Gasteiger partial charge in [-0.2, -0.15) is 0 Å². The molecular weight excluding hydrogens is 318 g/mol. The highest BCUT2D eigenvalue weighted by molar-refractivity contribution is 7.73. The molecule has 1 aliphatic heterocycles. The monoisotopic (exact) mass is 338 g/mol. The number of amides is 1. The number of ether oxygens (including phenoxy) is 1. The van der Waals surface area contributed by atoms with E-state index in [0.717, 1.165) is 36.8 Å². The number of nitrogens with one attached hydrogen (secondary N) is 1. The quantitative estimate of drug-likeness (QED) is 0.867. The smallest absolute Gasteiger partial charge is 0.410 e. The van der Waals surface area contributed by atoms with Crippen molar-refractivity contribution >= 4 is 39.9 Å². The maximum absolute atomic E-state index is 11.7. The first kappa shape index (κ1) is 15.5. The third kappa shape index (κ3) is 3.16. The summed E-state index contributed by atoms with van der Waals surface area (Å²) >= 11 is 7.16. The van der Waals surface area contributed by atoms with Gasteiger partial charge in [-0.05, 0) is 31.3 Å². The van der Waals surface area contributed by atoms with Crippen LogP contribution in [-0.2, 0) is 11.4 Å². The fourth-order valence-electron chi connectivity index (χ4n) is 2.77. The minimum absolute atomic E-state index is 0.195. The number of thiazole rings is 1. The summed E-state index contributed by atoms with van der Waals surface area (Å²) in [6.07, 6.45) is -0.195. The summed E-state index contributed by atoms with van der Waals surface area (Å²) in [6.45, 7) is 6.45. The summed E-state index contributed by atoms with van der Waals surface area (Å²) in [5, 5.41) is 0. The second-order valence-electron chi connectivity index (χ2n) is 5.36. The summed E-state index contributed by atoms with van der Waals surface area (Å²) in [5.74, 6) is 0. The number of aromatic nitrogens is 1. The van der Waals surface area contributed by atoms with Crippen LogP contribution in [0.25, 0.3) is 10.2 Å². The van der Waals surface area contributed by atoms with Crippen molar-refractivity contribution in [2.75, 3.05) is 32.8 Å². The number of benzene rings is 1. The van der Waals surface area contributed by atoms with Crippen molar-refractivity contribution in [2.24, 2.45) is 0 Å². The Hall–Kier alpha value is -1.44. The second-order valence-corrected chi connectivity index (χ2v) is 7.03. The molecule has 0 aliphatic carbocycles. The number of fused-ring (bicyclic) bond motifs is 1. The molecule has 118 valence electrons. The molecular formula is C15H20N3O2S2+. The summed E-state index contributed by atoms with van der Waals surface area (Å²) < 4.78 is 9.42. The lowest BCUT2D eigenvalue weighted by molar-refractivity contribution is -0.926. The van der Waals surface area contributed by atoms with Crippen LogP contribution in [0.1, 0.15) is 6.92 Å². The minimum atomic E-state index is -0.195. The topological polar surface area (TPSA) is 38.9 Å². The van der Waals surface area contributed by atoms with Crippen LogP contribution < -0.4 is 4.90 Å². The number of hydrogen-bond acceptors (Lipinski definition) is 4. The van der Waals surface area contributed by atoms with Gasteiger partial charge in [0.2, 0.25) is 0 Å². The van der Waals surface area contributed by atoms with Crippen molar-refractivity contribution in [3.8, 4) is 0 Å². The Morgan fingerprint density at radius 1 is 1.36 bits per heavy atom. The predicted octanol–water partition coefficient (Wildman–Crippen LogP) is 1.75. The molecule has 1 aromatic carbocycles. The van der Waals surface area contributed by atoms with Gasteiger partial charge in [0.1, 0.15) is 0 Å². The number of piperazine rings is 1.